The fraction of sp³-hybridized carbons (Fsp3) is 0.500. The van der Waals surface area contributed by atoms with Crippen molar-refractivity contribution in [1.29, 1.82) is 0 Å². The fourth-order valence-corrected chi connectivity index (χ4v) is 2.59. The molecule has 2 atom stereocenters. The Hall–Kier alpha value is -1.35. The van der Waals surface area contributed by atoms with Crippen LogP contribution in [0.3, 0.4) is 0 Å². The zero-order valence-corrected chi connectivity index (χ0v) is 10.3. The Bertz CT molecular complexity index is 377. The molecule has 0 bridgehead atoms. The average molecular weight is 232 g/mol. The van der Waals surface area contributed by atoms with Crippen LogP contribution >= 0.6 is 0 Å². The Kier molecular flexibility index (Phi) is 3.79. The molecule has 1 aliphatic rings. The summed E-state index contributed by atoms with van der Waals surface area (Å²) >= 11 is 0. The smallest absolute Gasteiger partial charge is 0.219 e. The molecule has 0 saturated carbocycles. The van der Waals surface area contributed by atoms with E-state index < -0.39 is 0 Å². The van der Waals surface area contributed by atoms with Gasteiger partial charge in [0.05, 0.1) is 6.04 Å². The van der Waals surface area contributed by atoms with Gasteiger partial charge in [-0.05, 0) is 24.8 Å². The van der Waals surface area contributed by atoms with E-state index in [-0.39, 0.29) is 18.0 Å². The summed E-state index contributed by atoms with van der Waals surface area (Å²) in [4.78, 5) is 13.5. The molecule has 0 aliphatic carbocycles. The van der Waals surface area contributed by atoms with Crippen LogP contribution in [0.5, 0.6) is 0 Å². The van der Waals surface area contributed by atoms with E-state index in [0.29, 0.717) is 0 Å². The summed E-state index contributed by atoms with van der Waals surface area (Å²) in [7, 11) is 0. The molecule has 17 heavy (non-hydrogen) atoms. The third kappa shape index (κ3) is 2.86. The van der Waals surface area contributed by atoms with Crippen LogP contribution in [0.15, 0.2) is 30.3 Å². The van der Waals surface area contributed by atoms with Gasteiger partial charge >= 0.3 is 0 Å². The number of likely N-dealkylation sites (tertiary alicyclic amines) is 1. The monoisotopic (exact) mass is 232 g/mol. The molecule has 1 aromatic carbocycles. The maximum Gasteiger partial charge on any atom is 0.219 e. The lowest BCUT2D eigenvalue weighted by Gasteiger charge is -2.39. The van der Waals surface area contributed by atoms with Crippen LogP contribution < -0.4 is 5.73 Å². The quantitative estimate of drug-likeness (QED) is 0.841. The summed E-state index contributed by atoms with van der Waals surface area (Å²) < 4.78 is 0. The Morgan fingerprint density at radius 1 is 1.41 bits per heavy atom. The number of carbonyl (C=O) groups is 1. The van der Waals surface area contributed by atoms with Crippen LogP contribution in [-0.2, 0) is 11.2 Å². The summed E-state index contributed by atoms with van der Waals surface area (Å²) in [5, 5.41) is 0. The van der Waals surface area contributed by atoms with E-state index in [4.69, 9.17) is 5.73 Å². The maximum absolute atomic E-state index is 11.6. The fourth-order valence-electron chi connectivity index (χ4n) is 2.59. The van der Waals surface area contributed by atoms with Gasteiger partial charge in [-0.3, -0.25) is 4.79 Å². The predicted molar refractivity (Wildman–Crippen MR) is 68.5 cm³/mol. The molecular weight excluding hydrogens is 212 g/mol. The van der Waals surface area contributed by atoms with Gasteiger partial charge in [-0.25, -0.2) is 0 Å². The molecule has 1 heterocycles. The van der Waals surface area contributed by atoms with Gasteiger partial charge < -0.3 is 10.6 Å². The molecule has 3 nitrogen and oxygen atoms in total. The zero-order chi connectivity index (χ0) is 12.3. The number of benzene rings is 1. The van der Waals surface area contributed by atoms with E-state index in [1.165, 1.54) is 5.56 Å². The van der Waals surface area contributed by atoms with Gasteiger partial charge in [-0.15, -0.1) is 0 Å². The van der Waals surface area contributed by atoms with Crippen molar-refractivity contribution in [2.45, 2.75) is 38.3 Å². The molecule has 0 unspecified atom stereocenters. The second kappa shape index (κ2) is 5.32. The SMILES string of the molecule is CC(=O)N1CCC[C@H](N)[C@@H]1Cc1ccccc1. The highest BCUT2D eigenvalue weighted by Crippen LogP contribution is 2.20. The second-order valence-corrected chi connectivity index (χ2v) is 4.78. The third-order valence-corrected chi connectivity index (χ3v) is 3.52. The molecule has 0 aromatic heterocycles. The van der Waals surface area contributed by atoms with Crippen LogP contribution in [0.1, 0.15) is 25.3 Å². The minimum atomic E-state index is 0.104. The van der Waals surface area contributed by atoms with Crippen molar-refractivity contribution in [2.75, 3.05) is 6.54 Å². The molecule has 2 N–H and O–H groups in total. The molecule has 0 spiro atoms. The lowest BCUT2D eigenvalue weighted by molar-refractivity contribution is -0.132. The normalized spacial score (nSPS) is 24.7. The van der Waals surface area contributed by atoms with Crippen LogP contribution in [0.25, 0.3) is 0 Å². The second-order valence-electron chi connectivity index (χ2n) is 4.78. The Morgan fingerprint density at radius 3 is 2.76 bits per heavy atom. The molecule has 1 aromatic rings. The van der Waals surface area contributed by atoms with Gasteiger partial charge in [0.15, 0.2) is 0 Å². The lowest BCUT2D eigenvalue weighted by atomic mass is 9.91. The number of hydrogen-bond donors (Lipinski definition) is 1. The molecule has 1 fully saturated rings. The van der Waals surface area contributed by atoms with Gasteiger partial charge in [-0.2, -0.15) is 0 Å². The van der Waals surface area contributed by atoms with Gasteiger partial charge in [-0.1, -0.05) is 30.3 Å². The molecule has 1 saturated heterocycles. The van der Waals surface area contributed by atoms with E-state index in [2.05, 4.69) is 12.1 Å². The Balaban J connectivity index is 2.12. The summed E-state index contributed by atoms with van der Waals surface area (Å²) in [6.07, 6.45) is 2.90. The predicted octanol–water partition coefficient (Wildman–Crippen LogP) is 1.57. The van der Waals surface area contributed by atoms with Crippen molar-refractivity contribution in [3.63, 3.8) is 0 Å². The topological polar surface area (TPSA) is 46.3 Å². The van der Waals surface area contributed by atoms with E-state index in [9.17, 15) is 4.79 Å². The number of nitrogens with two attached hydrogens (primary N) is 1. The summed E-state index contributed by atoms with van der Waals surface area (Å²) in [5.74, 6) is 0.140. The van der Waals surface area contributed by atoms with Gasteiger partial charge in [0, 0.05) is 19.5 Å². The molecule has 92 valence electrons. The van der Waals surface area contributed by atoms with Crippen LogP contribution in [0.2, 0.25) is 0 Å². The molecule has 0 radical (unpaired) electrons. The Morgan fingerprint density at radius 2 is 2.12 bits per heavy atom. The largest absolute Gasteiger partial charge is 0.338 e. The first-order valence-electron chi connectivity index (χ1n) is 6.25. The molecule has 2 rings (SSSR count). The Labute approximate surface area is 103 Å². The van der Waals surface area contributed by atoms with Crippen LogP contribution in [0, 0.1) is 0 Å². The first kappa shape index (κ1) is 12.1. The standard InChI is InChI=1S/C14H20N2O/c1-11(17)16-9-5-8-13(15)14(16)10-12-6-3-2-4-7-12/h2-4,6-7,13-14H,5,8-10,15H2,1H3/t13-,14-/m0/s1. The number of carbonyl (C=O) groups excluding carboxylic acids is 1. The summed E-state index contributed by atoms with van der Waals surface area (Å²) in [6, 6.07) is 10.5. The van der Waals surface area contributed by atoms with Crippen LogP contribution in [0.4, 0.5) is 0 Å². The summed E-state index contributed by atoms with van der Waals surface area (Å²) in [6.45, 7) is 2.48. The summed E-state index contributed by atoms with van der Waals surface area (Å²) in [5.41, 5.74) is 7.41. The maximum atomic E-state index is 11.6. The van der Waals surface area contributed by atoms with Crippen molar-refractivity contribution >= 4 is 5.91 Å². The van der Waals surface area contributed by atoms with Crippen molar-refractivity contribution in [2.24, 2.45) is 5.73 Å². The van der Waals surface area contributed by atoms with Crippen molar-refractivity contribution < 1.29 is 4.79 Å². The van der Waals surface area contributed by atoms with E-state index in [1.54, 1.807) is 6.92 Å². The van der Waals surface area contributed by atoms with Gasteiger partial charge in [0.2, 0.25) is 5.91 Å². The first-order chi connectivity index (χ1) is 8.18. The third-order valence-electron chi connectivity index (χ3n) is 3.52. The van der Waals surface area contributed by atoms with Gasteiger partial charge in [0.1, 0.15) is 0 Å². The van der Waals surface area contributed by atoms with Crippen molar-refractivity contribution in [3.05, 3.63) is 35.9 Å². The minimum Gasteiger partial charge on any atom is -0.338 e. The molecule has 3 heteroatoms. The zero-order valence-electron chi connectivity index (χ0n) is 10.3. The van der Waals surface area contributed by atoms with E-state index >= 15 is 0 Å². The highest BCUT2D eigenvalue weighted by atomic mass is 16.2. The number of rotatable bonds is 2. The van der Waals surface area contributed by atoms with Crippen molar-refractivity contribution in [3.8, 4) is 0 Å². The highest BCUT2D eigenvalue weighted by molar-refractivity contribution is 5.73. The lowest BCUT2D eigenvalue weighted by Crippen LogP contribution is -2.54. The number of piperidine rings is 1. The van der Waals surface area contributed by atoms with E-state index in [1.807, 2.05) is 23.1 Å². The number of nitrogens with zero attached hydrogens (tertiary/aromatic N) is 1. The van der Waals surface area contributed by atoms with Crippen molar-refractivity contribution in [1.82, 2.24) is 4.90 Å². The minimum absolute atomic E-state index is 0.104. The number of amides is 1. The first-order valence-corrected chi connectivity index (χ1v) is 6.25. The molecule has 1 aliphatic heterocycles. The highest BCUT2D eigenvalue weighted by Gasteiger charge is 2.30. The average Bonchev–Trinajstić information content (AvgIpc) is 2.33. The molecule has 1 amide bonds. The molecular formula is C14H20N2O. The van der Waals surface area contributed by atoms with Crippen LogP contribution in [-0.4, -0.2) is 29.4 Å². The van der Waals surface area contributed by atoms with Gasteiger partial charge in [0.25, 0.3) is 0 Å². The van der Waals surface area contributed by atoms with E-state index in [0.717, 1.165) is 25.8 Å². The number of hydrogen-bond acceptors (Lipinski definition) is 2.